The Hall–Kier alpha value is -3.60. The number of nitro benzene ring substituents is 1. The van der Waals surface area contributed by atoms with Crippen molar-refractivity contribution in [2.24, 2.45) is 0 Å². The highest BCUT2D eigenvalue weighted by Gasteiger charge is 2.37. The molecule has 0 N–H and O–H groups in total. The Morgan fingerprint density at radius 3 is 2.59 bits per heavy atom. The number of aryl methyl sites for hydroxylation is 1. The van der Waals surface area contributed by atoms with Crippen molar-refractivity contribution in [3.8, 4) is 11.4 Å². The van der Waals surface area contributed by atoms with Crippen LogP contribution >= 0.6 is 11.8 Å². The van der Waals surface area contributed by atoms with Crippen LogP contribution in [0.2, 0.25) is 0 Å². The molecule has 1 aliphatic heterocycles. The monoisotopic (exact) mass is 459 g/mol. The molecule has 11 heteroatoms. The minimum atomic E-state index is -0.660. The summed E-state index contributed by atoms with van der Waals surface area (Å²) in [4.78, 5) is 48.3. The number of non-ortho nitro benzene ring substituents is 1. The molecule has 168 valence electrons. The number of esters is 1. The number of nitrogens with zero attached hydrogens (tertiary/aromatic N) is 3. The standard InChI is InChI=1S/C21H21N3O7S/c1-5-31-19(25)11-22-20(26)18(32-21(22)27)9-14-8-12(2)23(13(14)3)16-10-15(24(28)29)6-7-17(16)30-4/h6-10H,5,11H2,1-4H3/b18-9+. The largest absolute Gasteiger partial charge is 0.495 e. The zero-order valence-corrected chi connectivity index (χ0v) is 18.7. The first-order valence-electron chi connectivity index (χ1n) is 9.60. The molecule has 2 aromatic rings. The van der Waals surface area contributed by atoms with Gasteiger partial charge in [-0.25, -0.2) is 0 Å². The van der Waals surface area contributed by atoms with Crippen LogP contribution in [0.4, 0.5) is 10.5 Å². The van der Waals surface area contributed by atoms with E-state index in [1.807, 2.05) is 6.92 Å². The number of rotatable bonds is 7. The molecule has 10 nitrogen and oxygen atoms in total. The molecule has 1 aromatic heterocycles. The van der Waals surface area contributed by atoms with E-state index >= 15 is 0 Å². The van der Waals surface area contributed by atoms with Crippen molar-refractivity contribution in [1.29, 1.82) is 0 Å². The van der Waals surface area contributed by atoms with Crippen LogP contribution in [0.1, 0.15) is 23.9 Å². The van der Waals surface area contributed by atoms with E-state index in [1.54, 1.807) is 30.6 Å². The summed E-state index contributed by atoms with van der Waals surface area (Å²) in [6.07, 6.45) is 1.57. The summed E-state index contributed by atoms with van der Waals surface area (Å²) in [6, 6.07) is 6.09. The topological polar surface area (TPSA) is 121 Å². The first-order valence-corrected chi connectivity index (χ1v) is 10.4. The van der Waals surface area contributed by atoms with Crippen molar-refractivity contribution in [2.45, 2.75) is 20.8 Å². The number of carbonyl (C=O) groups is 3. The van der Waals surface area contributed by atoms with Gasteiger partial charge in [-0.05, 0) is 56.3 Å². The van der Waals surface area contributed by atoms with Gasteiger partial charge in [0.25, 0.3) is 16.8 Å². The molecule has 3 rings (SSSR count). The van der Waals surface area contributed by atoms with E-state index in [0.29, 0.717) is 22.7 Å². The van der Waals surface area contributed by atoms with Crippen LogP contribution < -0.4 is 4.74 Å². The molecule has 0 spiro atoms. The van der Waals surface area contributed by atoms with Gasteiger partial charge in [-0.1, -0.05) is 0 Å². The summed E-state index contributed by atoms with van der Waals surface area (Å²) >= 11 is 0.738. The highest BCUT2D eigenvalue weighted by molar-refractivity contribution is 8.18. The highest BCUT2D eigenvalue weighted by atomic mass is 32.2. The minimum Gasteiger partial charge on any atom is -0.495 e. The van der Waals surface area contributed by atoms with Crippen molar-refractivity contribution in [3.63, 3.8) is 0 Å². The average Bonchev–Trinajstić information content (AvgIpc) is 3.17. The minimum absolute atomic E-state index is 0.0880. The van der Waals surface area contributed by atoms with Gasteiger partial charge < -0.3 is 14.0 Å². The number of aromatic nitrogens is 1. The summed E-state index contributed by atoms with van der Waals surface area (Å²) in [6.45, 7) is 4.95. The molecule has 2 heterocycles. The Morgan fingerprint density at radius 2 is 1.97 bits per heavy atom. The van der Waals surface area contributed by atoms with E-state index in [1.165, 1.54) is 25.3 Å². The maximum atomic E-state index is 12.7. The third-order valence-corrected chi connectivity index (χ3v) is 5.74. The highest BCUT2D eigenvalue weighted by Crippen LogP contribution is 2.35. The number of benzene rings is 1. The van der Waals surface area contributed by atoms with Crippen molar-refractivity contribution >= 4 is 40.6 Å². The quantitative estimate of drug-likeness (QED) is 0.266. The summed E-state index contributed by atoms with van der Waals surface area (Å²) in [7, 11) is 1.47. The molecule has 0 bridgehead atoms. The first-order chi connectivity index (χ1) is 15.2. The van der Waals surface area contributed by atoms with E-state index in [2.05, 4.69) is 0 Å². The summed E-state index contributed by atoms with van der Waals surface area (Å²) in [5, 5.41) is 10.7. The zero-order chi connectivity index (χ0) is 23.6. The summed E-state index contributed by atoms with van der Waals surface area (Å²) in [5.74, 6) is -0.795. The Labute approximate surface area is 187 Å². The maximum Gasteiger partial charge on any atom is 0.326 e. The van der Waals surface area contributed by atoms with Gasteiger partial charge in [0, 0.05) is 23.5 Å². The van der Waals surface area contributed by atoms with Gasteiger partial charge in [0.05, 0.1) is 29.2 Å². The lowest BCUT2D eigenvalue weighted by molar-refractivity contribution is -0.384. The predicted molar refractivity (Wildman–Crippen MR) is 118 cm³/mol. The van der Waals surface area contributed by atoms with Crippen LogP contribution in [0.15, 0.2) is 29.2 Å². The number of hydrogen-bond acceptors (Lipinski definition) is 8. The second-order valence-corrected chi connectivity index (χ2v) is 7.84. The van der Waals surface area contributed by atoms with Crippen LogP contribution in [0.5, 0.6) is 5.75 Å². The van der Waals surface area contributed by atoms with Crippen LogP contribution in [0.25, 0.3) is 11.8 Å². The van der Waals surface area contributed by atoms with E-state index in [0.717, 1.165) is 22.4 Å². The molecule has 1 saturated heterocycles. The molecule has 0 atom stereocenters. The molecule has 32 heavy (non-hydrogen) atoms. The lowest BCUT2D eigenvalue weighted by atomic mass is 10.2. The number of hydrogen-bond donors (Lipinski definition) is 0. The van der Waals surface area contributed by atoms with E-state index in [-0.39, 0.29) is 17.2 Å². The van der Waals surface area contributed by atoms with Gasteiger partial charge >= 0.3 is 5.97 Å². The molecular formula is C21H21N3O7S. The molecular weight excluding hydrogens is 438 g/mol. The molecule has 0 aliphatic carbocycles. The van der Waals surface area contributed by atoms with Crippen molar-refractivity contribution in [3.05, 3.63) is 56.2 Å². The maximum absolute atomic E-state index is 12.7. The third kappa shape index (κ3) is 4.37. The summed E-state index contributed by atoms with van der Waals surface area (Å²) in [5.41, 5.74) is 2.48. The summed E-state index contributed by atoms with van der Waals surface area (Å²) < 4.78 is 12.0. The van der Waals surface area contributed by atoms with E-state index in [4.69, 9.17) is 9.47 Å². The molecule has 0 radical (unpaired) electrons. The van der Waals surface area contributed by atoms with Crippen LogP contribution in [0, 0.1) is 24.0 Å². The molecule has 1 aliphatic rings. The molecule has 1 fully saturated rings. The van der Waals surface area contributed by atoms with Gasteiger partial charge in [-0.3, -0.25) is 29.4 Å². The number of amides is 2. The molecule has 1 aromatic carbocycles. The Kier molecular flexibility index (Phi) is 6.68. The van der Waals surface area contributed by atoms with Crippen LogP contribution in [-0.4, -0.2) is 51.8 Å². The Morgan fingerprint density at radius 1 is 1.25 bits per heavy atom. The van der Waals surface area contributed by atoms with Crippen molar-refractivity contribution in [2.75, 3.05) is 20.3 Å². The fourth-order valence-corrected chi connectivity index (χ4v) is 4.21. The smallest absolute Gasteiger partial charge is 0.326 e. The van der Waals surface area contributed by atoms with Gasteiger partial charge in [0.15, 0.2) is 0 Å². The fraction of sp³-hybridized carbons (Fsp3) is 0.286. The van der Waals surface area contributed by atoms with Crippen molar-refractivity contribution < 1.29 is 28.8 Å². The zero-order valence-electron chi connectivity index (χ0n) is 17.9. The Balaban J connectivity index is 1.99. The fourth-order valence-electron chi connectivity index (χ4n) is 3.38. The molecule has 0 saturated carbocycles. The normalized spacial score (nSPS) is 14.9. The van der Waals surface area contributed by atoms with Gasteiger partial charge in [-0.15, -0.1) is 0 Å². The van der Waals surface area contributed by atoms with E-state index in [9.17, 15) is 24.5 Å². The van der Waals surface area contributed by atoms with Gasteiger partial charge in [0.1, 0.15) is 12.3 Å². The van der Waals surface area contributed by atoms with Crippen LogP contribution in [0.3, 0.4) is 0 Å². The number of thioether (sulfide) groups is 1. The lowest BCUT2D eigenvalue weighted by Gasteiger charge is -2.14. The second kappa shape index (κ2) is 9.27. The van der Waals surface area contributed by atoms with Crippen molar-refractivity contribution in [1.82, 2.24) is 9.47 Å². The predicted octanol–water partition coefficient (Wildman–Crippen LogP) is 3.61. The number of nitro groups is 1. The number of ether oxygens (including phenoxy) is 2. The molecule has 0 unspecified atom stereocenters. The van der Waals surface area contributed by atoms with Gasteiger partial charge in [-0.2, -0.15) is 0 Å². The third-order valence-electron chi connectivity index (χ3n) is 4.84. The lowest BCUT2D eigenvalue weighted by Crippen LogP contribution is -2.34. The van der Waals surface area contributed by atoms with Crippen LogP contribution in [-0.2, 0) is 14.3 Å². The van der Waals surface area contributed by atoms with E-state index < -0.39 is 28.6 Å². The van der Waals surface area contributed by atoms with Gasteiger partial charge in [0.2, 0.25) is 0 Å². The number of carbonyl (C=O) groups excluding carboxylic acids is 3. The second-order valence-electron chi connectivity index (χ2n) is 6.85. The number of imide groups is 1. The Bertz CT molecular complexity index is 1150. The first kappa shape index (κ1) is 23.1. The molecule has 2 amide bonds. The number of methoxy groups -OCH3 is 1. The SMILES string of the molecule is CCOC(=O)CN1C(=O)S/C(=C/c2cc(C)n(-c3cc([N+](=O)[O-])ccc3OC)c2C)C1=O. The average molecular weight is 459 g/mol.